The molecule has 0 aromatic heterocycles. The van der Waals surface area contributed by atoms with Crippen molar-refractivity contribution in [3.05, 3.63) is 34.1 Å². The van der Waals surface area contributed by atoms with Crippen molar-refractivity contribution in [3.63, 3.8) is 0 Å². The minimum atomic E-state index is -0.403. The van der Waals surface area contributed by atoms with Crippen molar-refractivity contribution in [2.45, 2.75) is 11.8 Å². The molecule has 0 radical (unpaired) electrons. The predicted octanol–water partition coefficient (Wildman–Crippen LogP) is 3.55. The highest BCUT2D eigenvalue weighted by atomic mass is 79.9. The van der Waals surface area contributed by atoms with Gasteiger partial charge < -0.3 is 0 Å². The Kier molecular flexibility index (Phi) is 3.62. The Morgan fingerprint density at radius 2 is 2.15 bits per heavy atom. The summed E-state index contributed by atoms with van der Waals surface area (Å²) in [4.78, 5) is 11.2. The van der Waals surface area contributed by atoms with Crippen LogP contribution >= 0.6 is 31.9 Å². The first-order chi connectivity index (χ1) is 6.02. The number of carbonyl (C=O) groups excluding carboxylic acids is 1. The predicted molar refractivity (Wildman–Crippen MR) is 56.8 cm³/mol. The van der Waals surface area contributed by atoms with E-state index >= 15 is 0 Å². The van der Waals surface area contributed by atoms with Gasteiger partial charge in [-0.2, -0.15) is 0 Å². The molecule has 0 N–H and O–H groups in total. The Labute approximate surface area is 92.6 Å². The van der Waals surface area contributed by atoms with Gasteiger partial charge in [-0.05, 0) is 25.1 Å². The highest BCUT2D eigenvalue weighted by Crippen LogP contribution is 2.21. The molecule has 13 heavy (non-hydrogen) atoms. The molecule has 1 atom stereocenters. The number of alkyl halides is 1. The van der Waals surface area contributed by atoms with Crippen LogP contribution in [0.15, 0.2) is 22.7 Å². The van der Waals surface area contributed by atoms with Crippen LogP contribution in [0, 0.1) is 5.82 Å². The van der Waals surface area contributed by atoms with Crippen molar-refractivity contribution in [2.24, 2.45) is 0 Å². The number of halogens is 3. The third kappa shape index (κ3) is 2.61. The maximum atomic E-state index is 12.8. The minimum Gasteiger partial charge on any atom is -0.293 e. The molecule has 1 unspecified atom stereocenters. The van der Waals surface area contributed by atoms with Gasteiger partial charge in [-0.15, -0.1) is 0 Å². The van der Waals surface area contributed by atoms with Crippen molar-refractivity contribution in [1.82, 2.24) is 0 Å². The molecule has 0 aliphatic carbocycles. The van der Waals surface area contributed by atoms with Crippen LogP contribution in [-0.4, -0.2) is 10.6 Å². The van der Waals surface area contributed by atoms with Crippen LogP contribution in [0.1, 0.15) is 17.3 Å². The van der Waals surface area contributed by atoms with E-state index < -0.39 is 5.82 Å². The lowest BCUT2D eigenvalue weighted by Gasteiger charge is -2.04. The first-order valence-electron chi connectivity index (χ1n) is 3.65. The molecule has 0 bridgehead atoms. The van der Waals surface area contributed by atoms with E-state index in [9.17, 15) is 9.18 Å². The fraction of sp³-hybridized carbons (Fsp3) is 0.222. The number of hydrogen-bond acceptors (Lipinski definition) is 1. The molecule has 0 aliphatic heterocycles. The van der Waals surface area contributed by atoms with Crippen molar-refractivity contribution >= 4 is 37.6 Å². The normalized spacial score (nSPS) is 12.6. The second-order valence-electron chi connectivity index (χ2n) is 2.60. The lowest BCUT2D eigenvalue weighted by Crippen LogP contribution is -2.10. The first-order valence-corrected chi connectivity index (χ1v) is 5.36. The number of Topliss-reactive ketones (excluding diaryl/α,β-unsaturated/α-hetero) is 1. The van der Waals surface area contributed by atoms with Crippen LogP contribution in [0.2, 0.25) is 0 Å². The first kappa shape index (κ1) is 10.9. The smallest absolute Gasteiger partial charge is 0.177 e. The van der Waals surface area contributed by atoms with Gasteiger partial charge in [-0.3, -0.25) is 4.79 Å². The Morgan fingerprint density at radius 1 is 1.54 bits per heavy atom. The van der Waals surface area contributed by atoms with E-state index in [1.54, 1.807) is 6.92 Å². The Bertz CT molecular complexity index is 336. The van der Waals surface area contributed by atoms with Gasteiger partial charge in [0.15, 0.2) is 5.78 Å². The molecule has 0 heterocycles. The molecule has 0 fully saturated rings. The fourth-order valence-electron chi connectivity index (χ4n) is 0.901. The molecule has 70 valence electrons. The number of benzene rings is 1. The fourth-order valence-corrected chi connectivity index (χ4v) is 1.59. The molecule has 1 aromatic carbocycles. The maximum absolute atomic E-state index is 12.8. The number of ketones is 1. The van der Waals surface area contributed by atoms with Crippen molar-refractivity contribution in [3.8, 4) is 0 Å². The molecule has 1 nitrogen and oxygen atoms in total. The van der Waals surface area contributed by atoms with E-state index in [0.717, 1.165) is 0 Å². The topological polar surface area (TPSA) is 17.1 Å². The summed E-state index contributed by atoms with van der Waals surface area (Å²) in [5.41, 5.74) is 0.365. The average molecular weight is 310 g/mol. The molecule has 0 amide bonds. The van der Waals surface area contributed by atoms with Crippen LogP contribution in [0.3, 0.4) is 0 Å². The quantitative estimate of drug-likeness (QED) is 0.603. The lowest BCUT2D eigenvalue weighted by molar-refractivity contribution is 0.0994. The molecule has 0 aliphatic rings. The van der Waals surface area contributed by atoms with Crippen LogP contribution in [0.5, 0.6) is 0 Å². The standard InChI is InChI=1S/C9H7Br2FO/c1-5(10)9(13)7-4-6(12)2-3-8(7)11/h2-5H,1H3. The van der Waals surface area contributed by atoms with E-state index in [1.807, 2.05) is 0 Å². The summed E-state index contributed by atoms with van der Waals surface area (Å²) in [6.07, 6.45) is 0. The summed E-state index contributed by atoms with van der Waals surface area (Å²) in [6.45, 7) is 1.71. The van der Waals surface area contributed by atoms with Crippen LogP contribution < -0.4 is 0 Å². The van der Waals surface area contributed by atoms with Gasteiger partial charge in [-0.25, -0.2) is 4.39 Å². The van der Waals surface area contributed by atoms with Gasteiger partial charge in [-0.1, -0.05) is 31.9 Å². The summed E-state index contributed by atoms with van der Waals surface area (Å²) >= 11 is 6.33. The van der Waals surface area contributed by atoms with Crippen molar-refractivity contribution in [2.75, 3.05) is 0 Å². The van der Waals surface area contributed by atoms with E-state index in [-0.39, 0.29) is 10.6 Å². The van der Waals surface area contributed by atoms with Crippen molar-refractivity contribution < 1.29 is 9.18 Å². The monoisotopic (exact) mass is 308 g/mol. The molecular formula is C9H7Br2FO. The van der Waals surface area contributed by atoms with E-state index in [0.29, 0.717) is 10.0 Å². The summed E-state index contributed by atoms with van der Waals surface area (Å²) in [7, 11) is 0. The largest absolute Gasteiger partial charge is 0.293 e. The van der Waals surface area contributed by atoms with Gasteiger partial charge in [0.25, 0.3) is 0 Å². The van der Waals surface area contributed by atoms with E-state index in [1.165, 1.54) is 18.2 Å². The minimum absolute atomic E-state index is 0.133. The summed E-state index contributed by atoms with van der Waals surface area (Å²) in [6, 6.07) is 4.06. The molecule has 1 aromatic rings. The molecule has 4 heteroatoms. The third-order valence-corrected chi connectivity index (χ3v) is 2.66. The SMILES string of the molecule is CC(Br)C(=O)c1cc(F)ccc1Br. The number of hydrogen-bond donors (Lipinski definition) is 0. The highest BCUT2D eigenvalue weighted by molar-refractivity contribution is 9.10. The lowest BCUT2D eigenvalue weighted by atomic mass is 10.1. The second kappa shape index (κ2) is 4.33. The molecule has 0 saturated heterocycles. The Balaban J connectivity index is 3.13. The van der Waals surface area contributed by atoms with Crippen molar-refractivity contribution in [1.29, 1.82) is 0 Å². The van der Waals surface area contributed by atoms with Crippen LogP contribution in [0.25, 0.3) is 0 Å². The molecule has 1 rings (SSSR count). The van der Waals surface area contributed by atoms with Gasteiger partial charge in [0, 0.05) is 10.0 Å². The zero-order valence-corrected chi connectivity index (χ0v) is 10.0. The Hall–Kier alpha value is -0.220. The number of carbonyl (C=O) groups is 1. The van der Waals surface area contributed by atoms with Crippen LogP contribution in [-0.2, 0) is 0 Å². The third-order valence-electron chi connectivity index (χ3n) is 1.56. The molecule has 0 spiro atoms. The van der Waals surface area contributed by atoms with E-state index in [2.05, 4.69) is 31.9 Å². The summed E-state index contributed by atoms with van der Waals surface area (Å²) < 4.78 is 13.4. The molecular weight excluding hydrogens is 303 g/mol. The van der Waals surface area contributed by atoms with Crippen LogP contribution in [0.4, 0.5) is 4.39 Å². The Morgan fingerprint density at radius 3 is 2.69 bits per heavy atom. The highest BCUT2D eigenvalue weighted by Gasteiger charge is 2.15. The summed E-state index contributed by atoms with van der Waals surface area (Å²) in [5.74, 6) is -0.536. The molecule has 0 saturated carbocycles. The second-order valence-corrected chi connectivity index (χ2v) is 4.83. The van der Waals surface area contributed by atoms with Gasteiger partial charge in [0.05, 0.1) is 4.83 Å². The average Bonchev–Trinajstić information content (AvgIpc) is 2.08. The van der Waals surface area contributed by atoms with Gasteiger partial charge >= 0.3 is 0 Å². The van der Waals surface area contributed by atoms with Gasteiger partial charge in [0.1, 0.15) is 5.82 Å². The zero-order valence-electron chi connectivity index (χ0n) is 6.85. The zero-order chi connectivity index (χ0) is 10.0. The number of rotatable bonds is 2. The summed E-state index contributed by atoms with van der Waals surface area (Å²) in [5, 5.41) is 0. The van der Waals surface area contributed by atoms with Gasteiger partial charge in [0.2, 0.25) is 0 Å². The van der Waals surface area contributed by atoms with E-state index in [4.69, 9.17) is 0 Å². The maximum Gasteiger partial charge on any atom is 0.177 e.